The molecule has 1 amide bonds. The number of nitrogens with one attached hydrogen (secondary N) is 1. The van der Waals surface area contributed by atoms with Crippen LogP contribution in [0.15, 0.2) is 42.5 Å². The molecule has 2 nitrogen and oxygen atoms in total. The van der Waals surface area contributed by atoms with Crippen molar-refractivity contribution in [3.8, 4) is 0 Å². The molecule has 1 fully saturated rings. The molecule has 138 valence electrons. The third kappa shape index (κ3) is 4.97. The Kier molecular flexibility index (Phi) is 6.55. The number of hydrogen-bond donors (Lipinski definition) is 1. The fraction of sp³-hybridized carbons (Fsp3) is 0.381. The molecule has 1 N–H and O–H groups in total. The fourth-order valence-corrected chi connectivity index (χ4v) is 4.85. The summed E-state index contributed by atoms with van der Waals surface area (Å²) in [5.41, 5.74) is 2.60. The van der Waals surface area contributed by atoms with Gasteiger partial charge in [-0.1, -0.05) is 49.2 Å². The molecule has 2 aromatic carbocycles. The van der Waals surface area contributed by atoms with E-state index in [9.17, 15) is 4.79 Å². The molecule has 5 heteroatoms. The minimum absolute atomic E-state index is 0.192. The minimum atomic E-state index is -0.192. The maximum absolute atomic E-state index is 12.3. The summed E-state index contributed by atoms with van der Waals surface area (Å²) >= 11 is 14.0. The molecule has 0 aliphatic carbocycles. The lowest BCUT2D eigenvalue weighted by atomic mass is 9.89. The van der Waals surface area contributed by atoms with Crippen molar-refractivity contribution in [2.45, 2.75) is 31.9 Å². The van der Waals surface area contributed by atoms with Crippen LogP contribution in [0.25, 0.3) is 0 Å². The summed E-state index contributed by atoms with van der Waals surface area (Å²) in [5, 5.41) is 4.49. The Balaban J connectivity index is 1.59. The summed E-state index contributed by atoms with van der Waals surface area (Å²) in [7, 11) is 0. The Hall–Kier alpha value is -1.16. The first-order valence-electron chi connectivity index (χ1n) is 8.89. The Labute approximate surface area is 169 Å². The first-order chi connectivity index (χ1) is 12.4. The van der Waals surface area contributed by atoms with Crippen molar-refractivity contribution in [2.75, 3.05) is 11.1 Å². The molecule has 1 heterocycles. The molecule has 0 aromatic heterocycles. The average molecular weight is 408 g/mol. The van der Waals surface area contributed by atoms with Gasteiger partial charge in [-0.05, 0) is 66.3 Å². The van der Waals surface area contributed by atoms with Crippen molar-refractivity contribution >= 4 is 46.6 Å². The van der Waals surface area contributed by atoms with Gasteiger partial charge in [0.2, 0.25) is 0 Å². The van der Waals surface area contributed by atoms with Gasteiger partial charge in [0.25, 0.3) is 5.91 Å². The topological polar surface area (TPSA) is 29.1 Å². The Morgan fingerprint density at radius 3 is 2.50 bits per heavy atom. The zero-order valence-electron chi connectivity index (χ0n) is 15.0. The van der Waals surface area contributed by atoms with E-state index in [-0.39, 0.29) is 5.91 Å². The SMILES string of the molecule is CC1CC(Cc2ccc(NC(=O)c3ccc(Cl)c(Cl)c3)cc2)CSC1C. The molecule has 26 heavy (non-hydrogen) atoms. The fourth-order valence-electron chi connectivity index (χ4n) is 3.28. The lowest BCUT2D eigenvalue weighted by Crippen LogP contribution is -2.25. The average Bonchev–Trinajstić information content (AvgIpc) is 2.62. The molecule has 0 radical (unpaired) electrons. The van der Waals surface area contributed by atoms with Crippen molar-refractivity contribution in [1.82, 2.24) is 0 Å². The van der Waals surface area contributed by atoms with Gasteiger partial charge in [-0.2, -0.15) is 11.8 Å². The van der Waals surface area contributed by atoms with Crippen molar-refractivity contribution in [2.24, 2.45) is 11.8 Å². The Morgan fingerprint density at radius 1 is 1.12 bits per heavy atom. The second kappa shape index (κ2) is 8.69. The quantitative estimate of drug-likeness (QED) is 0.620. The van der Waals surface area contributed by atoms with Crippen molar-refractivity contribution < 1.29 is 4.79 Å². The molecule has 0 saturated carbocycles. The van der Waals surface area contributed by atoms with E-state index >= 15 is 0 Å². The molecule has 1 aliphatic rings. The zero-order valence-corrected chi connectivity index (χ0v) is 17.3. The number of anilines is 1. The molecule has 0 bridgehead atoms. The second-order valence-electron chi connectivity index (χ2n) is 7.10. The highest BCUT2D eigenvalue weighted by Gasteiger charge is 2.25. The number of thioether (sulfide) groups is 1. The van der Waals surface area contributed by atoms with Crippen LogP contribution < -0.4 is 5.32 Å². The summed E-state index contributed by atoms with van der Waals surface area (Å²) < 4.78 is 0. The number of rotatable bonds is 4. The van der Waals surface area contributed by atoms with Crippen molar-refractivity contribution in [1.29, 1.82) is 0 Å². The van der Waals surface area contributed by atoms with Gasteiger partial charge in [-0.3, -0.25) is 4.79 Å². The predicted molar refractivity (Wildman–Crippen MR) is 114 cm³/mol. The summed E-state index contributed by atoms with van der Waals surface area (Å²) in [5.74, 6) is 2.57. The van der Waals surface area contributed by atoms with Gasteiger partial charge in [0.15, 0.2) is 0 Å². The van der Waals surface area contributed by atoms with E-state index in [2.05, 4.69) is 43.1 Å². The molecule has 0 spiro atoms. The van der Waals surface area contributed by atoms with Crippen molar-refractivity contribution in [3.05, 3.63) is 63.6 Å². The van der Waals surface area contributed by atoms with E-state index in [1.54, 1.807) is 18.2 Å². The maximum Gasteiger partial charge on any atom is 0.255 e. The number of halogens is 2. The monoisotopic (exact) mass is 407 g/mol. The number of hydrogen-bond acceptors (Lipinski definition) is 2. The normalized spacial score (nSPS) is 22.8. The van der Waals surface area contributed by atoms with Crippen LogP contribution in [0.4, 0.5) is 5.69 Å². The van der Waals surface area contributed by atoms with Crippen LogP contribution in [-0.2, 0) is 6.42 Å². The molecule has 1 saturated heterocycles. The summed E-state index contributed by atoms with van der Waals surface area (Å²) in [6, 6.07) is 13.0. The summed E-state index contributed by atoms with van der Waals surface area (Å²) in [6.07, 6.45) is 2.40. The molecule has 3 atom stereocenters. The lowest BCUT2D eigenvalue weighted by molar-refractivity contribution is 0.102. The molecular weight excluding hydrogens is 385 g/mol. The summed E-state index contributed by atoms with van der Waals surface area (Å²) in [4.78, 5) is 12.3. The van der Waals surface area contributed by atoms with Gasteiger partial charge in [0, 0.05) is 16.5 Å². The van der Waals surface area contributed by atoms with E-state index in [0.717, 1.165) is 29.2 Å². The van der Waals surface area contributed by atoms with Gasteiger partial charge in [-0.25, -0.2) is 0 Å². The van der Waals surface area contributed by atoms with E-state index in [0.29, 0.717) is 15.6 Å². The van der Waals surface area contributed by atoms with Crippen LogP contribution in [0.5, 0.6) is 0 Å². The van der Waals surface area contributed by atoms with Crippen molar-refractivity contribution in [3.63, 3.8) is 0 Å². The molecule has 3 unspecified atom stereocenters. The van der Waals surface area contributed by atoms with Crippen LogP contribution in [0.1, 0.15) is 36.2 Å². The number of carbonyl (C=O) groups excluding carboxylic acids is 1. The lowest BCUT2D eigenvalue weighted by Gasteiger charge is -2.31. The Bertz CT molecular complexity index is 778. The first kappa shape index (κ1) is 19.6. The van der Waals surface area contributed by atoms with Crippen LogP contribution >= 0.6 is 35.0 Å². The van der Waals surface area contributed by atoms with Crippen LogP contribution in [0, 0.1) is 11.8 Å². The van der Waals surface area contributed by atoms with E-state index < -0.39 is 0 Å². The van der Waals surface area contributed by atoms with Gasteiger partial charge in [0.1, 0.15) is 0 Å². The van der Waals surface area contributed by atoms with Crippen LogP contribution in [0.3, 0.4) is 0 Å². The third-order valence-electron chi connectivity index (χ3n) is 5.02. The first-order valence-corrected chi connectivity index (χ1v) is 10.7. The van der Waals surface area contributed by atoms with Gasteiger partial charge < -0.3 is 5.32 Å². The number of carbonyl (C=O) groups is 1. The van der Waals surface area contributed by atoms with E-state index in [1.165, 1.54) is 17.7 Å². The Morgan fingerprint density at radius 2 is 1.85 bits per heavy atom. The van der Waals surface area contributed by atoms with Gasteiger partial charge in [0.05, 0.1) is 10.0 Å². The molecule has 3 rings (SSSR count). The van der Waals surface area contributed by atoms with Crippen LogP contribution in [0.2, 0.25) is 10.0 Å². The van der Waals surface area contributed by atoms with Gasteiger partial charge >= 0.3 is 0 Å². The molecular formula is C21H23Cl2NOS. The zero-order chi connectivity index (χ0) is 18.7. The second-order valence-corrected chi connectivity index (χ2v) is 9.33. The highest BCUT2D eigenvalue weighted by atomic mass is 35.5. The van der Waals surface area contributed by atoms with E-state index in [1.807, 2.05) is 12.1 Å². The third-order valence-corrected chi connectivity index (χ3v) is 7.41. The minimum Gasteiger partial charge on any atom is -0.322 e. The largest absolute Gasteiger partial charge is 0.322 e. The number of amides is 1. The number of benzene rings is 2. The van der Waals surface area contributed by atoms with Gasteiger partial charge in [-0.15, -0.1) is 0 Å². The molecule has 2 aromatic rings. The summed E-state index contributed by atoms with van der Waals surface area (Å²) in [6.45, 7) is 4.68. The van der Waals surface area contributed by atoms with E-state index in [4.69, 9.17) is 23.2 Å². The highest BCUT2D eigenvalue weighted by Crippen LogP contribution is 2.35. The van der Waals surface area contributed by atoms with Crippen LogP contribution in [-0.4, -0.2) is 16.9 Å². The maximum atomic E-state index is 12.3. The molecule has 1 aliphatic heterocycles. The highest BCUT2D eigenvalue weighted by molar-refractivity contribution is 7.99. The predicted octanol–water partition coefficient (Wildman–Crippen LogP) is 6.57. The smallest absolute Gasteiger partial charge is 0.255 e. The standard InChI is InChI=1S/C21H23Cl2NOS/c1-13-9-16(12-26-14(13)2)10-15-3-6-18(7-4-15)24-21(25)17-5-8-19(22)20(23)11-17/h3-8,11,13-14,16H,9-10,12H2,1-2H3,(H,24,25).